The standard InChI is InChI=1S/C7H6F3/c8-7(9,10)5-6-3-1-2-4-6/h1,3H,2,5H2. The molecule has 55 valence electrons. The summed E-state index contributed by atoms with van der Waals surface area (Å²) in [6.07, 6.45) is 1.32. The van der Waals surface area contributed by atoms with E-state index in [1.807, 2.05) is 0 Å². The lowest BCUT2D eigenvalue weighted by molar-refractivity contribution is -0.126. The van der Waals surface area contributed by atoms with E-state index in [2.05, 4.69) is 6.08 Å². The zero-order valence-corrected chi connectivity index (χ0v) is 5.20. The second-order valence-electron chi connectivity index (χ2n) is 2.10. The highest BCUT2D eigenvalue weighted by molar-refractivity contribution is 5.22. The highest BCUT2D eigenvalue weighted by Gasteiger charge is 2.28. The molecule has 0 N–H and O–H groups in total. The molecule has 0 bridgehead atoms. The van der Waals surface area contributed by atoms with Crippen LogP contribution in [0.2, 0.25) is 0 Å². The first-order chi connectivity index (χ1) is 4.58. The number of hydrogen-bond acceptors (Lipinski definition) is 0. The Bertz CT molecular complexity index is 174. The predicted octanol–water partition coefficient (Wildman–Crippen LogP) is 2.63. The molecule has 0 saturated carbocycles. The topological polar surface area (TPSA) is 0 Å². The van der Waals surface area contributed by atoms with Crippen LogP contribution in [0.3, 0.4) is 0 Å². The third-order valence-corrected chi connectivity index (χ3v) is 1.16. The lowest BCUT2D eigenvalue weighted by Gasteiger charge is -2.03. The second kappa shape index (κ2) is 2.48. The quantitative estimate of drug-likeness (QED) is 0.534. The zero-order valence-electron chi connectivity index (χ0n) is 5.20. The van der Waals surface area contributed by atoms with Gasteiger partial charge in [-0.2, -0.15) is 13.2 Å². The lowest BCUT2D eigenvalue weighted by Crippen LogP contribution is -2.06. The summed E-state index contributed by atoms with van der Waals surface area (Å²) in [4.78, 5) is 0. The van der Waals surface area contributed by atoms with Gasteiger partial charge in [-0.3, -0.25) is 0 Å². The van der Waals surface area contributed by atoms with Gasteiger partial charge < -0.3 is 0 Å². The Morgan fingerprint density at radius 2 is 2.20 bits per heavy atom. The number of alkyl halides is 3. The Balaban J connectivity index is 2.46. The van der Waals surface area contributed by atoms with Gasteiger partial charge in [0.2, 0.25) is 0 Å². The summed E-state index contributed by atoms with van der Waals surface area (Å²) < 4.78 is 34.8. The molecular formula is C7H6F3. The van der Waals surface area contributed by atoms with Crippen LogP contribution in [0.15, 0.2) is 17.7 Å². The van der Waals surface area contributed by atoms with Crippen LogP contribution < -0.4 is 0 Å². The molecule has 0 aromatic carbocycles. The molecule has 0 fully saturated rings. The van der Waals surface area contributed by atoms with Gasteiger partial charge in [0.05, 0.1) is 6.42 Å². The van der Waals surface area contributed by atoms with E-state index in [0.717, 1.165) is 0 Å². The van der Waals surface area contributed by atoms with Gasteiger partial charge in [0, 0.05) is 0 Å². The molecule has 1 aliphatic carbocycles. The minimum atomic E-state index is -4.09. The zero-order chi connectivity index (χ0) is 7.61. The molecule has 0 unspecified atom stereocenters. The average molecular weight is 147 g/mol. The molecule has 0 aromatic rings. The SMILES string of the molecule is FC(F)(F)CC1=[C]CC=C1. The van der Waals surface area contributed by atoms with Crippen LogP contribution in [0.25, 0.3) is 0 Å². The van der Waals surface area contributed by atoms with Crippen LogP contribution in [0, 0.1) is 6.08 Å². The monoisotopic (exact) mass is 147 g/mol. The van der Waals surface area contributed by atoms with Gasteiger partial charge >= 0.3 is 6.18 Å². The first kappa shape index (κ1) is 7.38. The molecular weight excluding hydrogens is 141 g/mol. The predicted molar refractivity (Wildman–Crippen MR) is 31.2 cm³/mol. The maximum absolute atomic E-state index is 11.6. The first-order valence-electron chi connectivity index (χ1n) is 2.91. The van der Waals surface area contributed by atoms with E-state index in [1.165, 1.54) is 6.08 Å². The molecule has 1 aliphatic rings. The van der Waals surface area contributed by atoms with Gasteiger partial charge in [0.25, 0.3) is 0 Å². The van der Waals surface area contributed by atoms with Crippen LogP contribution in [-0.2, 0) is 0 Å². The fourth-order valence-corrected chi connectivity index (χ4v) is 0.788. The van der Waals surface area contributed by atoms with E-state index >= 15 is 0 Å². The van der Waals surface area contributed by atoms with Crippen molar-refractivity contribution in [2.45, 2.75) is 19.0 Å². The van der Waals surface area contributed by atoms with Crippen molar-refractivity contribution in [1.29, 1.82) is 0 Å². The summed E-state index contributed by atoms with van der Waals surface area (Å²) in [5, 5.41) is 0. The van der Waals surface area contributed by atoms with Crippen molar-refractivity contribution in [2.75, 3.05) is 0 Å². The van der Waals surface area contributed by atoms with Crippen LogP contribution in [0.1, 0.15) is 12.8 Å². The third-order valence-electron chi connectivity index (χ3n) is 1.16. The van der Waals surface area contributed by atoms with Crippen LogP contribution in [0.4, 0.5) is 13.2 Å². The molecule has 0 nitrogen and oxygen atoms in total. The van der Waals surface area contributed by atoms with Crippen molar-refractivity contribution in [1.82, 2.24) is 0 Å². The van der Waals surface area contributed by atoms with Gasteiger partial charge in [0.1, 0.15) is 0 Å². The van der Waals surface area contributed by atoms with E-state index in [-0.39, 0.29) is 5.57 Å². The van der Waals surface area contributed by atoms with E-state index in [0.29, 0.717) is 6.42 Å². The summed E-state index contributed by atoms with van der Waals surface area (Å²) in [6, 6.07) is 0. The molecule has 0 aromatic heterocycles. The molecule has 0 heterocycles. The minimum Gasteiger partial charge on any atom is -0.171 e. The van der Waals surface area contributed by atoms with Crippen molar-refractivity contribution in [3.63, 3.8) is 0 Å². The molecule has 1 rings (SSSR count). The molecule has 0 amide bonds. The van der Waals surface area contributed by atoms with Gasteiger partial charge in [-0.05, 0) is 18.1 Å². The molecule has 10 heavy (non-hydrogen) atoms. The largest absolute Gasteiger partial charge is 0.393 e. The van der Waals surface area contributed by atoms with Crippen molar-refractivity contribution in [3.05, 3.63) is 23.8 Å². The Hall–Kier alpha value is -0.730. The summed E-state index contributed by atoms with van der Waals surface area (Å²) in [6.45, 7) is 0. The molecule has 0 atom stereocenters. The van der Waals surface area contributed by atoms with E-state index in [4.69, 9.17) is 0 Å². The number of allylic oxidation sites excluding steroid dienone is 4. The number of hydrogen-bond donors (Lipinski definition) is 0. The minimum absolute atomic E-state index is 0.257. The molecule has 1 radical (unpaired) electrons. The lowest BCUT2D eigenvalue weighted by atomic mass is 10.2. The fourth-order valence-electron chi connectivity index (χ4n) is 0.788. The van der Waals surface area contributed by atoms with Crippen molar-refractivity contribution >= 4 is 0 Å². The summed E-state index contributed by atoms with van der Waals surface area (Å²) in [5.41, 5.74) is 0.257. The van der Waals surface area contributed by atoms with Crippen LogP contribution in [0.5, 0.6) is 0 Å². The van der Waals surface area contributed by atoms with E-state index in [1.54, 1.807) is 6.08 Å². The second-order valence-corrected chi connectivity index (χ2v) is 2.10. The van der Waals surface area contributed by atoms with Gasteiger partial charge in [0.15, 0.2) is 0 Å². The van der Waals surface area contributed by atoms with Crippen molar-refractivity contribution < 1.29 is 13.2 Å². The summed E-state index contributed by atoms with van der Waals surface area (Å²) in [5.74, 6) is 0. The first-order valence-corrected chi connectivity index (χ1v) is 2.91. The smallest absolute Gasteiger partial charge is 0.171 e. The summed E-state index contributed by atoms with van der Waals surface area (Å²) in [7, 11) is 0. The maximum Gasteiger partial charge on any atom is 0.393 e. The Morgan fingerprint density at radius 3 is 2.60 bits per heavy atom. The number of halogens is 3. The third kappa shape index (κ3) is 2.25. The van der Waals surface area contributed by atoms with Crippen LogP contribution >= 0.6 is 0 Å². The maximum atomic E-state index is 11.6. The highest BCUT2D eigenvalue weighted by Crippen LogP contribution is 2.26. The van der Waals surface area contributed by atoms with Gasteiger partial charge in [-0.1, -0.05) is 12.2 Å². The Morgan fingerprint density at radius 1 is 1.50 bits per heavy atom. The fraction of sp³-hybridized carbons (Fsp3) is 0.429. The van der Waals surface area contributed by atoms with Crippen molar-refractivity contribution in [3.8, 4) is 0 Å². The molecule has 0 saturated heterocycles. The Labute approximate surface area is 57.0 Å². The van der Waals surface area contributed by atoms with Crippen LogP contribution in [-0.4, -0.2) is 6.18 Å². The van der Waals surface area contributed by atoms with Gasteiger partial charge in [-0.15, -0.1) is 0 Å². The number of rotatable bonds is 1. The van der Waals surface area contributed by atoms with Crippen molar-refractivity contribution in [2.24, 2.45) is 0 Å². The van der Waals surface area contributed by atoms with E-state index in [9.17, 15) is 13.2 Å². The normalized spacial score (nSPS) is 17.7. The van der Waals surface area contributed by atoms with Gasteiger partial charge in [-0.25, -0.2) is 0 Å². The molecule has 3 heteroatoms. The summed E-state index contributed by atoms with van der Waals surface area (Å²) >= 11 is 0. The highest BCUT2D eigenvalue weighted by atomic mass is 19.4. The Kier molecular flexibility index (Phi) is 1.83. The average Bonchev–Trinajstić information content (AvgIpc) is 2.12. The molecule has 0 aliphatic heterocycles. The van der Waals surface area contributed by atoms with E-state index < -0.39 is 12.6 Å². The molecule has 0 spiro atoms.